The number of hydrogen-bond acceptors (Lipinski definition) is 4. The summed E-state index contributed by atoms with van der Waals surface area (Å²) in [5, 5.41) is 3.59. The van der Waals surface area contributed by atoms with E-state index in [-0.39, 0.29) is 0 Å². The molecule has 6 heteroatoms. The maximum Gasteiger partial charge on any atom is 0.437 e. The van der Waals surface area contributed by atoms with Crippen molar-refractivity contribution >= 4 is 24.6 Å². The Balaban J connectivity index is 3.12. The van der Waals surface area contributed by atoms with Crippen molar-refractivity contribution < 1.29 is 19.0 Å². The van der Waals surface area contributed by atoms with Gasteiger partial charge in [0.05, 0.1) is 0 Å². The zero-order valence-corrected chi connectivity index (χ0v) is 6.72. The van der Waals surface area contributed by atoms with Gasteiger partial charge < -0.3 is 0 Å². The molecule has 0 N–H and O–H groups in total. The van der Waals surface area contributed by atoms with Crippen LogP contribution in [0.1, 0.15) is 0 Å². The molecule has 0 bridgehead atoms. The van der Waals surface area contributed by atoms with E-state index >= 15 is 0 Å². The van der Waals surface area contributed by atoms with Gasteiger partial charge in [-0.1, -0.05) is 9.69 Å². The highest BCUT2D eigenvalue weighted by Gasteiger charge is 2.43. The third kappa shape index (κ3) is 1.02. The van der Waals surface area contributed by atoms with Crippen LogP contribution in [0.5, 0.6) is 0 Å². The van der Waals surface area contributed by atoms with Gasteiger partial charge in [0.1, 0.15) is 7.05 Å². The van der Waals surface area contributed by atoms with E-state index < -0.39 is 16.4 Å². The van der Waals surface area contributed by atoms with E-state index in [1.165, 1.54) is 14.1 Å². The van der Waals surface area contributed by atoms with Gasteiger partial charge in [0.2, 0.25) is 0 Å². The average molecular weight is 170 g/mol. The Kier molecular flexibility index (Phi) is 1.77. The molecule has 0 radical (unpaired) electrons. The second-order valence-electron chi connectivity index (χ2n) is 2.58. The lowest BCUT2D eigenvalue weighted by atomic mass is 10.4. The van der Waals surface area contributed by atoms with E-state index in [2.05, 4.69) is 5.10 Å². The molecule has 64 valence electrons. The fourth-order valence-corrected chi connectivity index (χ4v) is 0.709. The Morgan fingerprint density at radius 3 is 2.67 bits per heavy atom. The van der Waals surface area contributed by atoms with Gasteiger partial charge in [0.15, 0.2) is 6.34 Å². The third-order valence-corrected chi connectivity index (χ3v) is 1.58. The van der Waals surface area contributed by atoms with Gasteiger partial charge in [-0.05, 0) is 0 Å². The van der Waals surface area contributed by atoms with Crippen LogP contribution in [0.2, 0.25) is 0 Å². The monoisotopic (exact) mass is 170 g/mol. The first kappa shape index (κ1) is 8.54. The lowest BCUT2D eigenvalue weighted by molar-refractivity contribution is -0.751. The molecular formula is C6H8N3O3+. The molecule has 0 aromatic heterocycles. The number of carbonyl (C=O) groups is 3. The van der Waals surface area contributed by atoms with E-state index in [4.69, 9.17) is 0 Å². The van der Waals surface area contributed by atoms with Crippen molar-refractivity contribution in [1.82, 2.24) is 4.90 Å². The minimum Gasteiger partial charge on any atom is -0.290 e. The lowest BCUT2D eigenvalue weighted by Crippen LogP contribution is -2.55. The summed E-state index contributed by atoms with van der Waals surface area (Å²) >= 11 is 0. The average Bonchev–Trinajstić information content (AvgIpc) is 2.09. The molecule has 1 rings (SSSR count). The van der Waals surface area contributed by atoms with Crippen LogP contribution < -0.4 is 0 Å². The second-order valence-corrected chi connectivity index (χ2v) is 2.58. The summed E-state index contributed by atoms with van der Waals surface area (Å²) in [6.07, 6.45) is 1.46. The predicted molar refractivity (Wildman–Crippen MR) is 38.5 cm³/mol. The van der Waals surface area contributed by atoms with Gasteiger partial charge in [0, 0.05) is 7.05 Å². The Bertz CT molecular complexity index is 286. The van der Waals surface area contributed by atoms with Crippen LogP contribution >= 0.6 is 0 Å². The predicted octanol–water partition coefficient (Wildman–Crippen LogP) is -1.47. The molecule has 0 saturated carbocycles. The van der Waals surface area contributed by atoms with Crippen LogP contribution in [-0.2, 0) is 14.4 Å². The standard InChI is InChI=1S/C6H8N3O3/c1-8-3-7-9(2,4-10)6(12)5(8)11/h3-4H,1-2H3/q+1. The van der Waals surface area contributed by atoms with Crippen LogP contribution in [0.25, 0.3) is 0 Å². The maximum absolute atomic E-state index is 11.1. The summed E-state index contributed by atoms with van der Waals surface area (Å²) in [6, 6.07) is 0. The zero-order valence-electron chi connectivity index (χ0n) is 6.72. The van der Waals surface area contributed by atoms with Gasteiger partial charge in [-0.3, -0.25) is 9.69 Å². The molecule has 0 saturated heterocycles. The highest BCUT2D eigenvalue weighted by Crippen LogP contribution is 2.06. The molecule has 0 aromatic rings. The van der Waals surface area contributed by atoms with E-state index in [0.29, 0.717) is 6.41 Å². The maximum atomic E-state index is 11.1. The highest BCUT2D eigenvalue weighted by atomic mass is 16.2. The third-order valence-electron chi connectivity index (χ3n) is 1.58. The molecule has 0 spiro atoms. The molecule has 1 aliphatic rings. The Morgan fingerprint density at radius 1 is 1.58 bits per heavy atom. The van der Waals surface area contributed by atoms with Crippen molar-refractivity contribution in [1.29, 1.82) is 0 Å². The summed E-state index contributed by atoms with van der Waals surface area (Å²) in [7, 11) is 2.65. The van der Waals surface area contributed by atoms with Crippen molar-refractivity contribution in [3.8, 4) is 0 Å². The van der Waals surface area contributed by atoms with Crippen LogP contribution in [0.15, 0.2) is 5.10 Å². The fourth-order valence-electron chi connectivity index (χ4n) is 0.709. The normalized spacial score (nSPS) is 29.3. The molecule has 1 unspecified atom stereocenters. The number of nitrogens with zero attached hydrogens (tertiary/aromatic N) is 3. The van der Waals surface area contributed by atoms with E-state index in [1.54, 1.807) is 0 Å². The van der Waals surface area contributed by atoms with Gasteiger partial charge >= 0.3 is 18.2 Å². The number of likely N-dealkylation sites (N-methyl/N-ethyl adjacent to an activating group) is 2. The number of carbonyl (C=O) groups excluding carboxylic acids is 3. The first-order valence-electron chi connectivity index (χ1n) is 3.21. The topological polar surface area (TPSA) is 66.8 Å². The van der Waals surface area contributed by atoms with E-state index in [0.717, 1.165) is 11.2 Å². The summed E-state index contributed by atoms with van der Waals surface area (Å²) < 4.78 is -0.858. The summed E-state index contributed by atoms with van der Waals surface area (Å²) in [6.45, 7) is 0. The molecule has 1 aliphatic heterocycles. The van der Waals surface area contributed by atoms with E-state index in [1.807, 2.05) is 0 Å². The van der Waals surface area contributed by atoms with Gasteiger partial charge in [-0.25, -0.2) is 9.59 Å². The van der Waals surface area contributed by atoms with Crippen molar-refractivity contribution in [2.45, 2.75) is 0 Å². The molecule has 3 amide bonds. The van der Waals surface area contributed by atoms with Gasteiger partial charge in [0.25, 0.3) is 0 Å². The van der Waals surface area contributed by atoms with Crippen molar-refractivity contribution in [2.24, 2.45) is 5.10 Å². The summed E-state index contributed by atoms with van der Waals surface area (Å²) in [5.74, 6) is -1.59. The molecule has 1 heterocycles. The summed E-state index contributed by atoms with van der Waals surface area (Å²) in [4.78, 5) is 33.6. The fraction of sp³-hybridized carbons (Fsp3) is 0.333. The molecule has 6 nitrogen and oxygen atoms in total. The van der Waals surface area contributed by atoms with Crippen LogP contribution in [0.4, 0.5) is 0 Å². The van der Waals surface area contributed by atoms with Crippen LogP contribution in [-0.4, -0.2) is 48.2 Å². The molecule has 0 aromatic carbocycles. The van der Waals surface area contributed by atoms with Crippen LogP contribution in [0, 0.1) is 0 Å². The van der Waals surface area contributed by atoms with Crippen molar-refractivity contribution in [2.75, 3.05) is 14.1 Å². The quantitative estimate of drug-likeness (QED) is 0.274. The molecule has 0 aliphatic carbocycles. The number of quaternary nitrogens is 1. The number of hydrogen-bond donors (Lipinski definition) is 0. The number of imide groups is 1. The lowest BCUT2D eigenvalue weighted by Gasteiger charge is -2.22. The minimum atomic E-state index is -0.858. The molecule has 12 heavy (non-hydrogen) atoms. The van der Waals surface area contributed by atoms with Gasteiger partial charge in [-0.2, -0.15) is 0 Å². The Morgan fingerprint density at radius 2 is 2.17 bits per heavy atom. The Hall–Kier alpha value is -1.56. The largest absolute Gasteiger partial charge is 0.437 e. The summed E-state index contributed by atoms with van der Waals surface area (Å²) in [5.41, 5.74) is 0. The smallest absolute Gasteiger partial charge is 0.290 e. The van der Waals surface area contributed by atoms with Crippen molar-refractivity contribution in [3.63, 3.8) is 0 Å². The van der Waals surface area contributed by atoms with Crippen molar-refractivity contribution in [3.05, 3.63) is 0 Å². The molecular weight excluding hydrogens is 162 g/mol. The molecule has 1 atom stereocenters. The number of amides is 3. The van der Waals surface area contributed by atoms with Gasteiger partial charge in [-0.15, -0.1) is 0 Å². The highest BCUT2D eigenvalue weighted by molar-refractivity contribution is 6.35. The van der Waals surface area contributed by atoms with Crippen LogP contribution in [0.3, 0.4) is 0 Å². The number of rotatable bonds is 1. The first-order valence-corrected chi connectivity index (χ1v) is 3.21. The SMILES string of the molecule is CN1C=N[N+](C)(C=O)C(=O)C1=O. The minimum absolute atomic E-state index is 0.309. The Labute approximate surface area is 68.6 Å². The second kappa shape index (κ2) is 2.49. The molecule has 0 fully saturated rings. The van der Waals surface area contributed by atoms with E-state index in [9.17, 15) is 14.4 Å². The zero-order chi connectivity index (χ0) is 9.35. The first-order chi connectivity index (χ1) is 5.51.